The number of oxazole rings is 1. The molecule has 1 aliphatic rings. The quantitative estimate of drug-likeness (QED) is 0.255. The van der Waals surface area contributed by atoms with Gasteiger partial charge < -0.3 is 34.8 Å². The maximum Gasteiger partial charge on any atom is 0.327 e. The van der Waals surface area contributed by atoms with E-state index in [0.717, 1.165) is 42.9 Å². The molecule has 1 aliphatic heterocycles. The Morgan fingerprint density at radius 2 is 1.80 bits per heavy atom. The third kappa shape index (κ3) is 8.55. The van der Waals surface area contributed by atoms with Crippen molar-refractivity contribution in [2.24, 2.45) is 5.73 Å². The van der Waals surface area contributed by atoms with E-state index in [1.54, 1.807) is 32.0 Å². The number of carboxylic acids is 1. The molecule has 1 atom stereocenters. The minimum Gasteiger partial charge on any atom is -0.493 e. The maximum atomic E-state index is 12.5. The number of ether oxygens (including phenoxy) is 3. The Kier molecular flexibility index (Phi) is 10.4. The number of aryl methyl sites for hydroxylation is 2. The monoisotopic (exact) mass is 565 g/mol. The van der Waals surface area contributed by atoms with Gasteiger partial charge >= 0.3 is 11.9 Å². The minimum atomic E-state index is -1.05. The highest BCUT2D eigenvalue weighted by Gasteiger charge is 2.23. The summed E-state index contributed by atoms with van der Waals surface area (Å²) in [5, 5.41) is 12.5. The topological polar surface area (TPSA) is 146 Å². The van der Waals surface area contributed by atoms with Crippen molar-refractivity contribution in [2.75, 3.05) is 19.7 Å². The predicted molar refractivity (Wildman–Crippen MR) is 153 cm³/mol. The lowest BCUT2D eigenvalue weighted by Crippen LogP contribution is -2.34. The van der Waals surface area contributed by atoms with Gasteiger partial charge in [0, 0.05) is 18.4 Å². The predicted octanol–water partition coefficient (Wildman–Crippen LogP) is 4.37. The largest absolute Gasteiger partial charge is 0.493 e. The number of esters is 1. The van der Waals surface area contributed by atoms with E-state index in [-0.39, 0.29) is 25.0 Å². The second-order valence-electron chi connectivity index (χ2n) is 10.4. The van der Waals surface area contributed by atoms with Gasteiger partial charge in [0.25, 0.3) is 0 Å². The summed E-state index contributed by atoms with van der Waals surface area (Å²) in [5.41, 5.74) is 9.00. The molecule has 2 aromatic carbocycles. The molecule has 0 radical (unpaired) electrons. The first-order valence-electron chi connectivity index (χ1n) is 14.1. The van der Waals surface area contributed by atoms with Gasteiger partial charge in [0.2, 0.25) is 5.89 Å². The zero-order valence-electron chi connectivity index (χ0n) is 23.9. The second-order valence-corrected chi connectivity index (χ2v) is 10.4. The van der Waals surface area contributed by atoms with Gasteiger partial charge in [0.05, 0.1) is 18.4 Å². The van der Waals surface area contributed by atoms with Gasteiger partial charge in [-0.15, -0.1) is 0 Å². The van der Waals surface area contributed by atoms with Crippen molar-refractivity contribution in [3.05, 3.63) is 65.0 Å². The Labute approximate surface area is 240 Å². The zero-order valence-corrected chi connectivity index (χ0v) is 23.9. The number of carboxylic acid groups (broad SMARTS) is 1. The zero-order chi connectivity index (χ0) is 29.4. The molecule has 0 amide bonds. The number of carbonyl (C=O) groups excluding carboxylic acids is 1. The Bertz CT molecular complexity index is 1310. The van der Waals surface area contributed by atoms with Gasteiger partial charge in [-0.05, 0) is 101 Å². The molecule has 3 aromatic rings. The van der Waals surface area contributed by atoms with Crippen LogP contribution in [0.25, 0.3) is 11.5 Å². The molecule has 2 heterocycles. The summed E-state index contributed by atoms with van der Waals surface area (Å²) in [6.07, 6.45) is 2.57. The molecule has 4 rings (SSSR count). The van der Waals surface area contributed by atoms with Gasteiger partial charge in [-0.1, -0.05) is 6.07 Å². The molecule has 41 heavy (non-hydrogen) atoms. The van der Waals surface area contributed by atoms with Gasteiger partial charge in [0.15, 0.2) is 0 Å². The number of rotatable bonds is 13. The number of aliphatic carboxylic acids is 1. The minimum absolute atomic E-state index is 0.0824. The van der Waals surface area contributed by atoms with Crippen LogP contribution < -0.4 is 20.5 Å². The molecule has 10 heteroatoms. The summed E-state index contributed by atoms with van der Waals surface area (Å²) >= 11 is 0. The molecule has 0 aliphatic carbocycles. The average Bonchev–Trinajstić information content (AvgIpc) is 3.32. The summed E-state index contributed by atoms with van der Waals surface area (Å²) in [5.74, 6) is 1.08. The number of nitrogens with two attached hydrogens (primary N) is 1. The first-order valence-corrected chi connectivity index (χ1v) is 14.1. The van der Waals surface area contributed by atoms with E-state index in [1.807, 2.05) is 31.2 Å². The third-order valence-corrected chi connectivity index (χ3v) is 6.86. The molecule has 0 saturated carbocycles. The number of hydrogen-bond acceptors (Lipinski definition) is 9. The molecular weight excluding hydrogens is 526 g/mol. The second kappa shape index (κ2) is 14.1. The summed E-state index contributed by atoms with van der Waals surface area (Å²) in [6.45, 7) is 7.62. The standard InChI is InChI=1S/C31H39N3O7/c1-19(2)39-31(37)29(32)26-18-25(10-4-21(26)7-11-28(35)36)38-17-14-27-20(3)40-30(34-27)22-5-8-23(9-6-22)41-24-12-15-33-16-13-24/h4-6,8-10,18-19,24,29,33H,7,11-17,32H2,1-3H3,(H,35,36). The number of nitrogens with zero attached hydrogens (tertiary/aromatic N) is 1. The molecule has 1 aromatic heterocycles. The fourth-order valence-corrected chi connectivity index (χ4v) is 4.68. The summed E-state index contributed by atoms with van der Waals surface area (Å²) in [6, 6.07) is 11.9. The Hall–Kier alpha value is -3.89. The van der Waals surface area contributed by atoms with Crippen LogP contribution >= 0.6 is 0 Å². The van der Waals surface area contributed by atoms with Crippen molar-refractivity contribution in [3.63, 3.8) is 0 Å². The van der Waals surface area contributed by atoms with Crippen molar-refractivity contribution in [1.29, 1.82) is 0 Å². The van der Waals surface area contributed by atoms with Crippen LogP contribution in [0.15, 0.2) is 46.9 Å². The van der Waals surface area contributed by atoms with Gasteiger partial charge in [0.1, 0.15) is 29.4 Å². The highest BCUT2D eigenvalue weighted by atomic mass is 16.5. The van der Waals surface area contributed by atoms with Crippen LogP contribution in [-0.2, 0) is 27.2 Å². The molecule has 1 unspecified atom stereocenters. The number of piperidine rings is 1. The summed E-state index contributed by atoms with van der Waals surface area (Å²) in [4.78, 5) is 28.3. The fraction of sp³-hybridized carbons (Fsp3) is 0.452. The van der Waals surface area contributed by atoms with Gasteiger partial charge in [-0.3, -0.25) is 4.79 Å². The normalized spacial score (nSPS) is 14.6. The van der Waals surface area contributed by atoms with Crippen LogP contribution in [0.2, 0.25) is 0 Å². The maximum absolute atomic E-state index is 12.5. The number of nitrogens with one attached hydrogen (secondary N) is 1. The van der Waals surface area contributed by atoms with Crippen molar-refractivity contribution >= 4 is 11.9 Å². The molecule has 1 saturated heterocycles. The van der Waals surface area contributed by atoms with Gasteiger partial charge in [-0.2, -0.15) is 0 Å². The average molecular weight is 566 g/mol. The Morgan fingerprint density at radius 3 is 2.49 bits per heavy atom. The lowest BCUT2D eigenvalue weighted by atomic mass is 9.97. The smallest absolute Gasteiger partial charge is 0.327 e. The number of benzene rings is 2. The number of aromatic nitrogens is 1. The van der Waals surface area contributed by atoms with E-state index in [1.165, 1.54) is 0 Å². The molecule has 1 fully saturated rings. The van der Waals surface area contributed by atoms with Crippen LogP contribution in [0, 0.1) is 6.92 Å². The Balaban J connectivity index is 1.38. The highest BCUT2D eigenvalue weighted by Crippen LogP contribution is 2.27. The number of carbonyl (C=O) groups is 2. The van der Waals surface area contributed by atoms with Crippen molar-refractivity contribution in [1.82, 2.24) is 10.3 Å². The lowest BCUT2D eigenvalue weighted by Gasteiger charge is -2.23. The fourth-order valence-electron chi connectivity index (χ4n) is 4.68. The lowest BCUT2D eigenvalue weighted by molar-refractivity contribution is -0.149. The molecular formula is C31H39N3O7. The van der Waals surface area contributed by atoms with Crippen LogP contribution in [0.4, 0.5) is 0 Å². The third-order valence-electron chi connectivity index (χ3n) is 6.86. The molecule has 10 nitrogen and oxygen atoms in total. The van der Waals surface area contributed by atoms with Crippen molar-refractivity contribution in [2.45, 2.75) is 71.1 Å². The highest BCUT2D eigenvalue weighted by molar-refractivity contribution is 5.78. The van der Waals surface area contributed by atoms with E-state index in [2.05, 4.69) is 10.3 Å². The first-order chi connectivity index (χ1) is 19.7. The van der Waals surface area contributed by atoms with E-state index in [4.69, 9.17) is 29.5 Å². The van der Waals surface area contributed by atoms with E-state index >= 15 is 0 Å². The molecule has 220 valence electrons. The van der Waals surface area contributed by atoms with Crippen LogP contribution in [0.3, 0.4) is 0 Å². The van der Waals surface area contributed by atoms with E-state index in [9.17, 15) is 9.59 Å². The van der Waals surface area contributed by atoms with Crippen LogP contribution in [0.1, 0.15) is 61.7 Å². The van der Waals surface area contributed by atoms with E-state index < -0.39 is 18.0 Å². The van der Waals surface area contributed by atoms with E-state index in [0.29, 0.717) is 41.6 Å². The van der Waals surface area contributed by atoms with Gasteiger partial charge in [-0.25, -0.2) is 9.78 Å². The van der Waals surface area contributed by atoms with Crippen LogP contribution in [0.5, 0.6) is 11.5 Å². The first kappa shape index (κ1) is 30.1. The summed E-state index contributed by atoms with van der Waals surface area (Å²) < 4.78 is 23.3. The van der Waals surface area contributed by atoms with Crippen molar-refractivity contribution < 1.29 is 33.3 Å². The number of hydrogen-bond donors (Lipinski definition) is 3. The summed E-state index contributed by atoms with van der Waals surface area (Å²) in [7, 11) is 0. The molecule has 0 bridgehead atoms. The van der Waals surface area contributed by atoms with Crippen molar-refractivity contribution in [3.8, 4) is 23.0 Å². The molecule has 0 spiro atoms. The SMILES string of the molecule is Cc1oc(-c2ccc(OC3CCNCC3)cc2)nc1CCOc1ccc(CCC(=O)O)c(C(N)C(=O)OC(C)C)c1. The molecule has 4 N–H and O–H groups in total. The Morgan fingerprint density at radius 1 is 1.10 bits per heavy atom. The van der Waals surface area contributed by atoms with Crippen LogP contribution in [-0.4, -0.2) is 53.9 Å².